The molecule has 2 amide bonds. The fourth-order valence-electron chi connectivity index (χ4n) is 4.45. The van der Waals surface area contributed by atoms with Crippen molar-refractivity contribution in [3.8, 4) is 5.75 Å². The van der Waals surface area contributed by atoms with Gasteiger partial charge in [-0.2, -0.15) is 0 Å². The van der Waals surface area contributed by atoms with Crippen molar-refractivity contribution in [2.75, 3.05) is 30.4 Å². The van der Waals surface area contributed by atoms with Crippen LogP contribution in [0.2, 0.25) is 0 Å². The Morgan fingerprint density at radius 3 is 2.82 bits per heavy atom. The number of H-pyrrole nitrogens is 1. The molecule has 11 nitrogen and oxygen atoms in total. The van der Waals surface area contributed by atoms with E-state index in [0.717, 1.165) is 11.1 Å². The first kappa shape index (κ1) is 25.7. The largest absolute Gasteiger partial charge is 0.482 e. The molecule has 1 aliphatic rings. The summed E-state index contributed by atoms with van der Waals surface area (Å²) in [7, 11) is 0. The average molecular weight is 529 g/mol. The number of aromatic nitrogens is 3. The summed E-state index contributed by atoms with van der Waals surface area (Å²) in [4.78, 5) is 48.8. The molecule has 200 valence electrons. The van der Waals surface area contributed by atoms with Crippen LogP contribution >= 0.6 is 0 Å². The van der Waals surface area contributed by atoms with Crippen LogP contribution in [0.1, 0.15) is 40.9 Å². The van der Waals surface area contributed by atoms with Crippen LogP contribution in [-0.2, 0) is 20.9 Å². The molecule has 3 heterocycles. The third-order valence-corrected chi connectivity index (χ3v) is 6.33. The number of fused-ring (bicyclic) bond motifs is 2. The van der Waals surface area contributed by atoms with E-state index in [9.17, 15) is 14.4 Å². The van der Waals surface area contributed by atoms with Crippen molar-refractivity contribution in [1.29, 1.82) is 0 Å². The molecule has 0 fully saturated rings. The Morgan fingerprint density at radius 2 is 2.00 bits per heavy atom. The van der Waals surface area contributed by atoms with Crippen molar-refractivity contribution in [2.24, 2.45) is 0 Å². The minimum atomic E-state index is -0.400. The number of benzene rings is 2. The summed E-state index contributed by atoms with van der Waals surface area (Å²) in [6, 6.07) is 14.9. The number of hydrogen-bond acceptors (Lipinski definition) is 8. The molecule has 0 saturated heterocycles. The maximum absolute atomic E-state index is 13.0. The highest BCUT2D eigenvalue weighted by atomic mass is 16.5. The molecule has 0 aliphatic carbocycles. The number of hydrogen-bond donors (Lipinski definition) is 4. The van der Waals surface area contributed by atoms with Gasteiger partial charge < -0.3 is 30.4 Å². The summed E-state index contributed by atoms with van der Waals surface area (Å²) < 4.78 is 10.7. The van der Waals surface area contributed by atoms with Gasteiger partial charge in [-0.25, -0.2) is 9.97 Å². The molecule has 0 spiro atoms. The molecule has 5 rings (SSSR count). The topological polar surface area (TPSA) is 147 Å². The van der Waals surface area contributed by atoms with Gasteiger partial charge in [0, 0.05) is 19.3 Å². The first-order chi connectivity index (χ1) is 19.0. The number of amides is 2. The highest BCUT2D eigenvalue weighted by Crippen LogP contribution is 2.29. The molecule has 0 radical (unpaired) electrons. The summed E-state index contributed by atoms with van der Waals surface area (Å²) in [5, 5.41) is 8.93. The van der Waals surface area contributed by atoms with E-state index in [0.29, 0.717) is 47.7 Å². The summed E-state index contributed by atoms with van der Waals surface area (Å²) in [6.07, 6.45) is 3.58. The highest BCUT2D eigenvalue weighted by Gasteiger charge is 2.22. The lowest BCUT2D eigenvalue weighted by Crippen LogP contribution is -2.26. The SMILES string of the molecule is CCOC(=O)C(CCNc1c[nH]c2c(C(=O)NCc3ccc4c(c3)NC(=O)CO4)ncnc12)c1ccccc1. The van der Waals surface area contributed by atoms with Crippen molar-refractivity contribution in [1.82, 2.24) is 20.3 Å². The third kappa shape index (κ3) is 5.82. The average Bonchev–Trinajstić information content (AvgIpc) is 3.37. The Balaban J connectivity index is 1.24. The second-order valence-corrected chi connectivity index (χ2v) is 8.93. The molecule has 11 heteroatoms. The van der Waals surface area contributed by atoms with E-state index in [2.05, 4.69) is 30.9 Å². The zero-order valence-corrected chi connectivity index (χ0v) is 21.3. The monoisotopic (exact) mass is 528 g/mol. The minimum Gasteiger partial charge on any atom is -0.482 e. The van der Waals surface area contributed by atoms with Crippen LogP contribution in [-0.4, -0.2) is 52.5 Å². The summed E-state index contributed by atoms with van der Waals surface area (Å²) in [5.41, 5.74) is 4.22. The summed E-state index contributed by atoms with van der Waals surface area (Å²) in [5.74, 6) is -0.672. The molecule has 4 aromatic rings. The molecule has 2 aromatic heterocycles. The lowest BCUT2D eigenvalue weighted by molar-refractivity contribution is -0.145. The quantitative estimate of drug-likeness (QED) is 0.229. The van der Waals surface area contributed by atoms with Crippen LogP contribution in [0.15, 0.2) is 61.1 Å². The number of esters is 1. The Kier molecular flexibility index (Phi) is 7.67. The molecule has 2 aromatic carbocycles. The standard InChI is InChI=1S/C28H28N6O5/c1-2-38-28(37)19(18-6-4-3-5-7-18)10-11-29-21-14-30-25-24(21)32-16-33-26(25)27(36)31-13-17-8-9-22-20(12-17)34-23(35)15-39-22/h3-9,12,14,16,19,29-30H,2,10-11,13,15H2,1H3,(H,31,36)(H,34,35). The van der Waals surface area contributed by atoms with E-state index in [1.54, 1.807) is 25.3 Å². The van der Waals surface area contributed by atoms with Crippen LogP contribution < -0.4 is 20.7 Å². The molecule has 0 saturated carbocycles. The Bertz CT molecular complexity index is 1500. The van der Waals surface area contributed by atoms with E-state index >= 15 is 0 Å². The second kappa shape index (κ2) is 11.6. The first-order valence-corrected chi connectivity index (χ1v) is 12.6. The van der Waals surface area contributed by atoms with E-state index in [-0.39, 0.29) is 36.6 Å². The van der Waals surface area contributed by atoms with Gasteiger partial charge in [0.2, 0.25) is 0 Å². The van der Waals surface area contributed by atoms with Gasteiger partial charge in [0.15, 0.2) is 12.3 Å². The van der Waals surface area contributed by atoms with E-state index in [1.165, 1.54) is 6.33 Å². The van der Waals surface area contributed by atoms with Crippen molar-refractivity contribution in [3.05, 3.63) is 77.9 Å². The van der Waals surface area contributed by atoms with Crippen molar-refractivity contribution < 1.29 is 23.9 Å². The van der Waals surface area contributed by atoms with Gasteiger partial charge in [0.25, 0.3) is 11.8 Å². The van der Waals surface area contributed by atoms with Gasteiger partial charge in [-0.3, -0.25) is 14.4 Å². The first-order valence-electron chi connectivity index (χ1n) is 12.6. The number of ether oxygens (including phenoxy) is 2. The number of aromatic amines is 1. The van der Waals surface area contributed by atoms with Gasteiger partial charge in [-0.15, -0.1) is 0 Å². The van der Waals surface area contributed by atoms with Crippen LogP contribution in [0.4, 0.5) is 11.4 Å². The second-order valence-electron chi connectivity index (χ2n) is 8.93. The van der Waals surface area contributed by atoms with Crippen LogP contribution in [0.3, 0.4) is 0 Å². The van der Waals surface area contributed by atoms with Crippen molar-refractivity contribution in [2.45, 2.75) is 25.8 Å². The molecule has 0 bridgehead atoms. The lowest BCUT2D eigenvalue weighted by Gasteiger charge is -2.18. The fraction of sp³-hybridized carbons (Fsp3) is 0.250. The van der Waals surface area contributed by atoms with E-state index < -0.39 is 5.92 Å². The lowest BCUT2D eigenvalue weighted by atomic mass is 9.96. The van der Waals surface area contributed by atoms with Crippen LogP contribution in [0.25, 0.3) is 11.0 Å². The molecule has 1 atom stereocenters. The van der Waals surface area contributed by atoms with Crippen molar-refractivity contribution >= 4 is 40.2 Å². The Hall–Kier alpha value is -4.93. The van der Waals surface area contributed by atoms with Gasteiger partial charge in [-0.1, -0.05) is 36.4 Å². The molecule has 39 heavy (non-hydrogen) atoms. The maximum atomic E-state index is 13.0. The molecular weight excluding hydrogens is 500 g/mol. The van der Waals surface area contributed by atoms with Crippen LogP contribution in [0, 0.1) is 0 Å². The minimum absolute atomic E-state index is 0.0151. The van der Waals surface area contributed by atoms with Gasteiger partial charge in [0.05, 0.1) is 29.4 Å². The molecule has 4 N–H and O–H groups in total. The van der Waals surface area contributed by atoms with E-state index in [4.69, 9.17) is 9.47 Å². The van der Waals surface area contributed by atoms with Gasteiger partial charge in [0.1, 0.15) is 17.6 Å². The van der Waals surface area contributed by atoms with E-state index in [1.807, 2.05) is 36.4 Å². The molecule has 1 aliphatic heterocycles. The molecule has 1 unspecified atom stereocenters. The number of nitrogens with one attached hydrogen (secondary N) is 4. The van der Waals surface area contributed by atoms with Gasteiger partial charge >= 0.3 is 5.97 Å². The van der Waals surface area contributed by atoms with Crippen molar-refractivity contribution in [3.63, 3.8) is 0 Å². The zero-order valence-electron chi connectivity index (χ0n) is 21.3. The van der Waals surface area contributed by atoms with Gasteiger partial charge in [-0.05, 0) is 36.6 Å². The molecular formula is C28H28N6O5. The smallest absolute Gasteiger partial charge is 0.313 e. The number of carbonyl (C=O) groups is 3. The summed E-state index contributed by atoms with van der Waals surface area (Å²) >= 11 is 0. The zero-order chi connectivity index (χ0) is 27.2. The number of rotatable bonds is 10. The highest BCUT2D eigenvalue weighted by molar-refractivity contribution is 6.05. The fourth-order valence-corrected chi connectivity index (χ4v) is 4.45. The Labute approximate surface area is 224 Å². The Morgan fingerprint density at radius 1 is 1.15 bits per heavy atom. The number of carbonyl (C=O) groups excluding carboxylic acids is 3. The summed E-state index contributed by atoms with van der Waals surface area (Å²) in [6.45, 7) is 2.80. The maximum Gasteiger partial charge on any atom is 0.313 e. The predicted octanol–water partition coefficient (Wildman–Crippen LogP) is 3.37. The van der Waals surface area contributed by atoms with Crippen LogP contribution in [0.5, 0.6) is 5.75 Å². The number of nitrogens with zero attached hydrogens (tertiary/aromatic N) is 2. The number of anilines is 2. The third-order valence-electron chi connectivity index (χ3n) is 6.33. The predicted molar refractivity (Wildman–Crippen MR) is 145 cm³/mol. The normalized spacial score (nSPS) is 13.1.